The molecule has 1 saturated heterocycles. The summed E-state index contributed by atoms with van der Waals surface area (Å²) in [5.41, 5.74) is 2.78. The molecule has 0 aliphatic carbocycles. The lowest BCUT2D eigenvalue weighted by Gasteiger charge is -2.31. The molecule has 154 valence electrons. The van der Waals surface area contributed by atoms with Gasteiger partial charge < -0.3 is 10.2 Å². The topological polar surface area (TPSA) is 60.0 Å². The minimum Gasteiger partial charge on any atom is -0.326 e. The number of anilines is 1. The maximum Gasteiger partial charge on any atom is 0.257 e. The number of aryl methyl sites for hydroxylation is 1. The Morgan fingerprint density at radius 3 is 2.41 bits per heavy atom. The lowest BCUT2D eigenvalue weighted by atomic mass is 10.1. The molecule has 2 aromatic carbocycles. The monoisotopic (exact) mass is 393 g/mol. The van der Waals surface area contributed by atoms with Crippen LogP contribution in [0.3, 0.4) is 0 Å². The number of guanidine groups is 1. The van der Waals surface area contributed by atoms with Gasteiger partial charge in [-0.3, -0.25) is 20.0 Å². The van der Waals surface area contributed by atoms with E-state index in [2.05, 4.69) is 40.5 Å². The van der Waals surface area contributed by atoms with Crippen molar-refractivity contribution in [2.75, 3.05) is 51.6 Å². The molecule has 0 radical (unpaired) electrons. The van der Waals surface area contributed by atoms with Gasteiger partial charge in [-0.1, -0.05) is 43.3 Å². The normalized spacial score (nSPS) is 15.9. The molecule has 1 amide bonds. The first-order valence-electron chi connectivity index (χ1n) is 10.3. The Morgan fingerprint density at radius 1 is 1.00 bits per heavy atom. The molecular formula is C23H31N5O. The SMILES string of the molecule is CCc1ccccc1NC(=NCCN1CCN(C)CC1)NC(=O)c1ccccc1. The molecule has 3 rings (SSSR count). The molecule has 0 atom stereocenters. The fourth-order valence-corrected chi connectivity index (χ4v) is 3.33. The number of amides is 1. The zero-order chi connectivity index (χ0) is 20.5. The zero-order valence-electron chi connectivity index (χ0n) is 17.4. The second-order valence-corrected chi connectivity index (χ2v) is 7.33. The number of para-hydroxylation sites is 1. The first-order valence-corrected chi connectivity index (χ1v) is 10.3. The third-order valence-corrected chi connectivity index (χ3v) is 5.20. The van der Waals surface area contributed by atoms with E-state index in [-0.39, 0.29) is 5.91 Å². The molecule has 0 bridgehead atoms. The van der Waals surface area contributed by atoms with Crippen LogP contribution in [0.15, 0.2) is 59.6 Å². The number of carbonyl (C=O) groups excluding carboxylic acids is 1. The summed E-state index contributed by atoms with van der Waals surface area (Å²) in [5, 5.41) is 6.29. The van der Waals surface area contributed by atoms with Gasteiger partial charge in [0, 0.05) is 44.0 Å². The highest BCUT2D eigenvalue weighted by Gasteiger charge is 2.14. The Morgan fingerprint density at radius 2 is 1.69 bits per heavy atom. The number of nitrogens with one attached hydrogen (secondary N) is 2. The molecule has 1 aliphatic rings. The molecule has 1 fully saturated rings. The van der Waals surface area contributed by atoms with E-state index < -0.39 is 0 Å². The van der Waals surface area contributed by atoms with Crippen LogP contribution in [0.25, 0.3) is 0 Å². The van der Waals surface area contributed by atoms with Crippen LogP contribution in [0.4, 0.5) is 5.69 Å². The number of carbonyl (C=O) groups is 1. The molecule has 6 heteroatoms. The van der Waals surface area contributed by atoms with Crippen molar-refractivity contribution < 1.29 is 4.79 Å². The van der Waals surface area contributed by atoms with E-state index in [1.54, 1.807) is 12.1 Å². The first-order chi connectivity index (χ1) is 14.2. The number of hydrogen-bond acceptors (Lipinski definition) is 4. The predicted octanol–water partition coefficient (Wildman–Crippen LogP) is 2.69. The zero-order valence-corrected chi connectivity index (χ0v) is 17.4. The minimum atomic E-state index is -0.162. The summed E-state index contributed by atoms with van der Waals surface area (Å²) in [6.07, 6.45) is 0.907. The largest absolute Gasteiger partial charge is 0.326 e. The number of likely N-dealkylation sites (N-methyl/N-ethyl adjacent to an activating group) is 1. The van der Waals surface area contributed by atoms with Crippen LogP contribution in [0.5, 0.6) is 0 Å². The summed E-state index contributed by atoms with van der Waals surface area (Å²) in [6, 6.07) is 17.3. The number of aliphatic imine (C=N–C) groups is 1. The van der Waals surface area contributed by atoms with Gasteiger partial charge in [-0.15, -0.1) is 0 Å². The smallest absolute Gasteiger partial charge is 0.257 e. The van der Waals surface area contributed by atoms with Crippen molar-refractivity contribution in [2.45, 2.75) is 13.3 Å². The Bertz CT molecular complexity index is 813. The Kier molecular flexibility index (Phi) is 7.78. The van der Waals surface area contributed by atoms with Crippen LogP contribution in [0, 0.1) is 0 Å². The van der Waals surface area contributed by atoms with Crippen LogP contribution in [0.2, 0.25) is 0 Å². The average molecular weight is 394 g/mol. The van der Waals surface area contributed by atoms with Crippen molar-refractivity contribution in [1.29, 1.82) is 0 Å². The van der Waals surface area contributed by atoms with Gasteiger partial charge in [0.05, 0.1) is 6.54 Å². The van der Waals surface area contributed by atoms with Gasteiger partial charge in [0.25, 0.3) is 5.91 Å². The van der Waals surface area contributed by atoms with Crippen LogP contribution < -0.4 is 10.6 Å². The number of benzene rings is 2. The van der Waals surface area contributed by atoms with Crippen molar-refractivity contribution in [3.63, 3.8) is 0 Å². The quantitative estimate of drug-likeness (QED) is 0.585. The lowest BCUT2D eigenvalue weighted by Crippen LogP contribution is -2.45. The number of hydrogen-bond donors (Lipinski definition) is 2. The summed E-state index contributed by atoms with van der Waals surface area (Å²) in [6.45, 7) is 7.93. The third kappa shape index (κ3) is 6.41. The van der Waals surface area contributed by atoms with Crippen LogP contribution in [-0.2, 0) is 6.42 Å². The summed E-state index contributed by atoms with van der Waals surface area (Å²) < 4.78 is 0. The molecule has 2 N–H and O–H groups in total. The van der Waals surface area contributed by atoms with E-state index in [0.29, 0.717) is 18.1 Å². The maximum atomic E-state index is 12.7. The van der Waals surface area contributed by atoms with Gasteiger partial charge in [-0.2, -0.15) is 0 Å². The number of rotatable bonds is 6. The van der Waals surface area contributed by atoms with Crippen molar-refractivity contribution >= 4 is 17.6 Å². The highest BCUT2D eigenvalue weighted by atomic mass is 16.1. The highest BCUT2D eigenvalue weighted by Crippen LogP contribution is 2.15. The van der Waals surface area contributed by atoms with Gasteiger partial charge in [-0.05, 0) is 37.2 Å². The van der Waals surface area contributed by atoms with Gasteiger partial charge in [0.2, 0.25) is 5.96 Å². The second kappa shape index (κ2) is 10.7. The molecule has 0 aromatic heterocycles. The van der Waals surface area contributed by atoms with E-state index in [4.69, 9.17) is 4.99 Å². The van der Waals surface area contributed by atoms with Crippen molar-refractivity contribution in [3.8, 4) is 0 Å². The van der Waals surface area contributed by atoms with E-state index in [9.17, 15) is 4.79 Å². The van der Waals surface area contributed by atoms with Crippen LogP contribution in [-0.4, -0.2) is 68.0 Å². The molecule has 2 aromatic rings. The summed E-state index contributed by atoms with van der Waals surface area (Å²) in [4.78, 5) is 22.1. The minimum absolute atomic E-state index is 0.162. The van der Waals surface area contributed by atoms with Gasteiger partial charge in [0.1, 0.15) is 0 Å². The van der Waals surface area contributed by atoms with Crippen LogP contribution >= 0.6 is 0 Å². The van der Waals surface area contributed by atoms with Crippen molar-refractivity contribution in [3.05, 3.63) is 65.7 Å². The Labute approximate surface area is 173 Å². The van der Waals surface area contributed by atoms with Gasteiger partial charge in [0.15, 0.2) is 0 Å². The first kappa shape index (κ1) is 21.0. The van der Waals surface area contributed by atoms with Crippen LogP contribution in [0.1, 0.15) is 22.8 Å². The van der Waals surface area contributed by atoms with Crippen molar-refractivity contribution in [1.82, 2.24) is 15.1 Å². The molecule has 0 spiro atoms. The lowest BCUT2D eigenvalue weighted by molar-refractivity contribution is 0.0977. The summed E-state index contributed by atoms with van der Waals surface area (Å²) in [7, 11) is 2.15. The Balaban J connectivity index is 1.69. The maximum absolute atomic E-state index is 12.7. The molecule has 6 nitrogen and oxygen atoms in total. The average Bonchev–Trinajstić information content (AvgIpc) is 2.76. The van der Waals surface area contributed by atoms with Crippen molar-refractivity contribution in [2.24, 2.45) is 4.99 Å². The van der Waals surface area contributed by atoms with E-state index in [0.717, 1.165) is 44.8 Å². The number of nitrogens with zero attached hydrogens (tertiary/aromatic N) is 3. The standard InChI is InChI=1S/C23H31N5O/c1-3-19-9-7-8-12-21(19)25-23(26-22(29)20-10-5-4-6-11-20)24-13-14-28-17-15-27(2)16-18-28/h4-12H,3,13-18H2,1-2H3,(H2,24,25,26,29). The second-order valence-electron chi connectivity index (χ2n) is 7.33. The molecule has 0 saturated carbocycles. The van der Waals surface area contributed by atoms with E-state index >= 15 is 0 Å². The summed E-state index contributed by atoms with van der Waals surface area (Å²) in [5.74, 6) is 0.333. The predicted molar refractivity (Wildman–Crippen MR) is 120 cm³/mol. The fourth-order valence-electron chi connectivity index (χ4n) is 3.33. The van der Waals surface area contributed by atoms with E-state index in [1.807, 2.05) is 36.4 Å². The van der Waals surface area contributed by atoms with Gasteiger partial charge >= 0.3 is 0 Å². The molecule has 29 heavy (non-hydrogen) atoms. The summed E-state index contributed by atoms with van der Waals surface area (Å²) >= 11 is 0. The third-order valence-electron chi connectivity index (χ3n) is 5.20. The highest BCUT2D eigenvalue weighted by molar-refractivity contribution is 6.10. The van der Waals surface area contributed by atoms with E-state index in [1.165, 1.54) is 5.56 Å². The van der Waals surface area contributed by atoms with Gasteiger partial charge in [-0.25, -0.2) is 0 Å². The molecular weight excluding hydrogens is 362 g/mol. The molecule has 0 unspecified atom stereocenters. The molecule has 1 heterocycles. The number of piperazine rings is 1. The fraction of sp³-hybridized carbons (Fsp3) is 0.391. The Hall–Kier alpha value is -2.70. The molecule has 1 aliphatic heterocycles.